The molecule has 0 amide bonds. The minimum atomic E-state index is -0.211. The van der Waals surface area contributed by atoms with E-state index in [4.69, 9.17) is 0 Å². The largest absolute Gasteiger partial charge is 0.396 e. The first-order chi connectivity index (χ1) is 13.4. The Morgan fingerprint density at radius 3 is 2.75 bits per heavy atom. The first kappa shape index (κ1) is 19.6. The Hall–Kier alpha value is -1.76. The molecule has 4 rings (SSSR count). The van der Waals surface area contributed by atoms with Crippen LogP contribution >= 0.6 is 0 Å². The zero-order valence-electron chi connectivity index (χ0n) is 17.2. The van der Waals surface area contributed by atoms with Crippen LogP contribution < -0.4 is 0 Å². The number of piperidine rings is 2. The Morgan fingerprint density at radius 2 is 2.04 bits per heavy atom. The maximum Gasteiger partial charge on any atom is 0.123 e. The molecule has 0 aliphatic carbocycles. The lowest BCUT2D eigenvalue weighted by molar-refractivity contribution is -0.0684. The van der Waals surface area contributed by atoms with Crippen LogP contribution in [0.2, 0.25) is 0 Å². The molecule has 3 heterocycles. The summed E-state index contributed by atoms with van der Waals surface area (Å²) >= 11 is 0. The molecule has 0 radical (unpaired) electrons. The first-order valence-corrected chi connectivity index (χ1v) is 10.3. The van der Waals surface area contributed by atoms with Gasteiger partial charge in [0.1, 0.15) is 5.82 Å². The van der Waals surface area contributed by atoms with Gasteiger partial charge in [-0.05, 0) is 83.1 Å². The van der Waals surface area contributed by atoms with Crippen molar-refractivity contribution >= 4 is 0 Å². The van der Waals surface area contributed by atoms with Crippen molar-refractivity contribution in [3.63, 3.8) is 0 Å². The Balaban J connectivity index is 1.60. The van der Waals surface area contributed by atoms with Crippen LogP contribution in [0, 0.1) is 25.1 Å². The number of fused-ring (bicyclic) bond motifs is 1. The van der Waals surface area contributed by atoms with Gasteiger partial charge in [-0.1, -0.05) is 0 Å². The van der Waals surface area contributed by atoms with Crippen molar-refractivity contribution in [3.05, 3.63) is 47.0 Å². The first-order valence-electron chi connectivity index (χ1n) is 10.3. The molecule has 5 nitrogen and oxygen atoms in total. The van der Waals surface area contributed by atoms with Crippen molar-refractivity contribution < 1.29 is 9.50 Å². The van der Waals surface area contributed by atoms with Gasteiger partial charge in [-0.2, -0.15) is 5.10 Å². The van der Waals surface area contributed by atoms with Crippen LogP contribution in [0.3, 0.4) is 0 Å². The highest BCUT2D eigenvalue weighted by Gasteiger charge is 2.46. The molecule has 1 N–H and O–H groups in total. The van der Waals surface area contributed by atoms with E-state index in [9.17, 15) is 9.50 Å². The number of aromatic nitrogens is 2. The van der Waals surface area contributed by atoms with Gasteiger partial charge in [0, 0.05) is 30.2 Å². The number of rotatable bonds is 4. The van der Waals surface area contributed by atoms with Crippen LogP contribution in [-0.4, -0.2) is 64.0 Å². The van der Waals surface area contributed by atoms with Crippen LogP contribution in [0.25, 0.3) is 5.69 Å². The molecule has 1 aromatic carbocycles. The van der Waals surface area contributed by atoms with Gasteiger partial charge in [0.05, 0.1) is 18.0 Å². The molecule has 6 heteroatoms. The number of aliphatic hydroxyl groups excluding tert-OH is 1. The quantitative estimate of drug-likeness (QED) is 0.878. The number of aryl methyl sites for hydroxylation is 2. The van der Waals surface area contributed by atoms with E-state index >= 15 is 0 Å². The van der Waals surface area contributed by atoms with Gasteiger partial charge < -0.3 is 10.0 Å². The van der Waals surface area contributed by atoms with Crippen LogP contribution in [0.1, 0.15) is 36.2 Å². The average Bonchev–Trinajstić information content (AvgIpc) is 3.00. The number of halogens is 1. The molecule has 0 saturated carbocycles. The normalized spacial score (nSPS) is 26.4. The molecule has 0 unspecified atom stereocenters. The molecule has 1 aromatic heterocycles. The minimum absolute atomic E-state index is 0.0178. The second-order valence-electron chi connectivity index (χ2n) is 8.72. The summed E-state index contributed by atoms with van der Waals surface area (Å²) in [5.74, 6) is -0.211. The maximum atomic E-state index is 14.1. The van der Waals surface area contributed by atoms with E-state index in [2.05, 4.69) is 21.9 Å². The molecule has 2 aromatic rings. The summed E-state index contributed by atoms with van der Waals surface area (Å²) in [6.07, 6.45) is 3.24. The lowest BCUT2D eigenvalue weighted by Crippen LogP contribution is -2.61. The molecule has 2 fully saturated rings. The molecule has 2 aliphatic rings. The van der Waals surface area contributed by atoms with E-state index in [-0.39, 0.29) is 17.8 Å². The number of hydrogen-bond donors (Lipinski definition) is 1. The van der Waals surface area contributed by atoms with E-state index in [0.717, 1.165) is 61.5 Å². The van der Waals surface area contributed by atoms with Crippen LogP contribution in [-0.2, 0) is 6.54 Å². The predicted octanol–water partition coefficient (Wildman–Crippen LogP) is 2.91. The second-order valence-corrected chi connectivity index (χ2v) is 8.72. The number of likely N-dealkylation sites (N-methyl/N-ethyl adjacent to an activating group) is 1. The minimum Gasteiger partial charge on any atom is -0.396 e. The van der Waals surface area contributed by atoms with E-state index in [1.807, 2.05) is 30.7 Å². The Kier molecular flexibility index (Phi) is 5.29. The summed E-state index contributed by atoms with van der Waals surface area (Å²) in [6.45, 7) is 7.87. The van der Waals surface area contributed by atoms with Crippen LogP contribution in [0.15, 0.2) is 24.3 Å². The van der Waals surface area contributed by atoms with E-state index < -0.39 is 0 Å². The van der Waals surface area contributed by atoms with E-state index in [0.29, 0.717) is 12.6 Å². The molecule has 2 atom stereocenters. The van der Waals surface area contributed by atoms with Crippen molar-refractivity contribution in [1.82, 2.24) is 19.6 Å². The number of benzene rings is 1. The molecular formula is C22H31FN4O. The molecule has 2 aliphatic heterocycles. The van der Waals surface area contributed by atoms with E-state index in [1.54, 1.807) is 6.07 Å². The molecule has 28 heavy (non-hydrogen) atoms. The number of likely N-dealkylation sites (tertiary alicyclic amines) is 2. The Labute approximate surface area is 166 Å². The van der Waals surface area contributed by atoms with Gasteiger partial charge in [-0.15, -0.1) is 0 Å². The Morgan fingerprint density at radius 1 is 1.21 bits per heavy atom. The lowest BCUT2D eigenvalue weighted by atomic mass is 9.69. The summed E-state index contributed by atoms with van der Waals surface area (Å²) in [5, 5.41) is 14.7. The lowest BCUT2D eigenvalue weighted by Gasteiger charge is -2.53. The highest BCUT2D eigenvalue weighted by molar-refractivity contribution is 5.42. The van der Waals surface area contributed by atoms with Crippen molar-refractivity contribution in [2.75, 3.05) is 33.3 Å². The SMILES string of the molecule is Cc1cc(C)n(-c2ccc(F)cc2CN2CC[C@@]3(CO)CCCN(C)[C@@H]3C2)n1. The van der Waals surface area contributed by atoms with Crippen LogP contribution in [0.4, 0.5) is 4.39 Å². The smallest absolute Gasteiger partial charge is 0.123 e. The summed E-state index contributed by atoms with van der Waals surface area (Å²) in [5.41, 5.74) is 3.94. The number of aliphatic hydroxyl groups is 1. The van der Waals surface area contributed by atoms with Crippen molar-refractivity contribution in [1.29, 1.82) is 0 Å². The topological polar surface area (TPSA) is 44.5 Å². The molecular weight excluding hydrogens is 355 g/mol. The monoisotopic (exact) mass is 386 g/mol. The molecule has 0 spiro atoms. The third kappa shape index (κ3) is 3.49. The highest BCUT2D eigenvalue weighted by atomic mass is 19.1. The highest BCUT2D eigenvalue weighted by Crippen LogP contribution is 2.41. The third-order valence-corrected chi connectivity index (χ3v) is 6.77. The van der Waals surface area contributed by atoms with E-state index in [1.165, 1.54) is 6.07 Å². The fourth-order valence-electron chi connectivity index (χ4n) is 5.22. The van der Waals surface area contributed by atoms with Crippen molar-refractivity contribution in [2.24, 2.45) is 5.41 Å². The van der Waals surface area contributed by atoms with Gasteiger partial charge in [0.2, 0.25) is 0 Å². The Bertz CT molecular complexity index is 851. The van der Waals surface area contributed by atoms with Gasteiger partial charge >= 0.3 is 0 Å². The molecule has 0 bridgehead atoms. The fraction of sp³-hybridized carbons (Fsp3) is 0.591. The van der Waals surface area contributed by atoms with Crippen molar-refractivity contribution in [2.45, 2.75) is 45.7 Å². The second kappa shape index (κ2) is 7.58. The summed E-state index contributed by atoms with van der Waals surface area (Å²) in [6, 6.07) is 7.38. The van der Waals surface area contributed by atoms with Gasteiger partial charge in [0.15, 0.2) is 0 Å². The number of hydrogen-bond acceptors (Lipinski definition) is 4. The zero-order valence-corrected chi connectivity index (χ0v) is 17.2. The predicted molar refractivity (Wildman–Crippen MR) is 108 cm³/mol. The molecule has 2 saturated heterocycles. The summed E-state index contributed by atoms with van der Waals surface area (Å²) in [4.78, 5) is 4.81. The fourth-order valence-corrected chi connectivity index (χ4v) is 5.22. The van der Waals surface area contributed by atoms with Gasteiger partial charge in [0.25, 0.3) is 0 Å². The van der Waals surface area contributed by atoms with Crippen LogP contribution in [0.5, 0.6) is 0 Å². The third-order valence-electron chi connectivity index (χ3n) is 6.77. The summed E-state index contributed by atoms with van der Waals surface area (Å²) in [7, 11) is 2.17. The standard InChI is InChI=1S/C22H31FN4O/c1-16-11-17(2)27(24-16)20-6-5-19(23)12-18(20)13-26-10-8-22(15-28)7-4-9-25(3)21(22)14-26/h5-6,11-12,21,28H,4,7-10,13-15H2,1-3H3/t21-,22-/m1/s1. The number of nitrogens with zero attached hydrogens (tertiary/aromatic N) is 4. The van der Waals surface area contributed by atoms with Gasteiger partial charge in [-0.25, -0.2) is 9.07 Å². The summed E-state index contributed by atoms with van der Waals surface area (Å²) < 4.78 is 16.0. The maximum absolute atomic E-state index is 14.1. The zero-order chi connectivity index (χ0) is 19.9. The van der Waals surface area contributed by atoms with Crippen molar-refractivity contribution in [3.8, 4) is 5.69 Å². The molecule has 152 valence electrons. The average molecular weight is 387 g/mol. The van der Waals surface area contributed by atoms with Gasteiger partial charge in [-0.3, -0.25) is 4.90 Å².